The van der Waals surface area contributed by atoms with Gasteiger partial charge in [-0.05, 0) is 79.7 Å². The first-order valence-corrected chi connectivity index (χ1v) is 8.51. The second kappa shape index (κ2) is 6.16. The normalized spacial score (nSPS) is 33.5. The van der Waals surface area contributed by atoms with Crippen molar-refractivity contribution in [3.63, 3.8) is 0 Å². The van der Waals surface area contributed by atoms with Gasteiger partial charge in [-0.25, -0.2) is 0 Å². The number of benzene rings is 1. The molecule has 2 aliphatic rings. The number of allylic oxidation sites excluding steroid dienone is 1. The molecule has 1 aromatic carbocycles. The zero-order valence-corrected chi connectivity index (χ0v) is 12.9. The number of fused-ring (bicyclic) bond motifs is 1. The summed E-state index contributed by atoms with van der Waals surface area (Å²) in [5.74, 6) is 3.59. The van der Waals surface area contributed by atoms with E-state index < -0.39 is 0 Å². The minimum Gasteiger partial charge on any atom is -0.103 e. The first-order valence-electron chi connectivity index (χ1n) is 8.51. The van der Waals surface area contributed by atoms with Crippen molar-refractivity contribution in [3.8, 4) is 0 Å². The van der Waals surface area contributed by atoms with Crippen LogP contribution in [0.3, 0.4) is 0 Å². The monoisotopic (exact) mass is 268 g/mol. The van der Waals surface area contributed by atoms with Gasteiger partial charge >= 0.3 is 0 Å². The van der Waals surface area contributed by atoms with Crippen LogP contribution in [-0.4, -0.2) is 0 Å². The van der Waals surface area contributed by atoms with Gasteiger partial charge in [-0.1, -0.05) is 37.3 Å². The molecule has 4 unspecified atom stereocenters. The number of hydrogen-bond donors (Lipinski definition) is 0. The zero-order valence-electron chi connectivity index (χ0n) is 12.9. The van der Waals surface area contributed by atoms with Crippen LogP contribution in [0, 0.1) is 17.8 Å². The highest BCUT2D eigenvalue weighted by Gasteiger charge is 2.35. The Hall–Kier alpha value is -1.04. The highest BCUT2D eigenvalue weighted by Crippen LogP contribution is 2.47. The van der Waals surface area contributed by atoms with Crippen LogP contribution in [0.2, 0.25) is 0 Å². The van der Waals surface area contributed by atoms with Crippen molar-refractivity contribution in [2.24, 2.45) is 17.8 Å². The van der Waals surface area contributed by atoms with Crippen LogP contribution < -0.4 is 0 Å². The van der Waals surface area contributed by atoms with Gasteiger partial charge in [0.15, 0.2) is 0 Å². The van der Waals surface area contributed by atoms with Crippen molar-refractivity contribution < 1.29 is 0 Å². The van der Waals surface area contributed by atoms with E-state index in [1.807, 2.05) is 0 Å². The molecule has 3 rings (SSSR count). The molecule has 0 N–H and O–H groups in total. The summed E-state index contributed by atoms with van der Waals surface area (Å²) in [4.78, 5) is 0. The zero-order chi connectivity index (χ0) is 13.9. The number of rotatable bonds is 3. The Morgan fingerprint density at radius 2 is 1.70 bits per heavy atom. The third-order valence-electron chi connectivity index (χ3n) is 5.85. The van der Waals surface area contributed by atoms with Gasteiger partial charge in [0.2, 0.25) is 0 Å². The van der Waals surface area contributed by atoms with Crippen molar-refractivity contribution in [1.29, 1.82) is 0 Å². The average Bonchev–Trinajstić information content (AvgIpc) is 2.54. The van der Waals surface area contributed by atoms with E-state index in [1.54, 1.807) is 5.56 Å². The molecule has 2 aliphatic carbocycles. The molecular weight excluding hydrogens is 240 g/mol. The van der Waals surface area contributed by atoms with Crippen LogP contribution in [0.15, 0.2) is 36.9 Å². The Bertz CT molecular complexity index is 442. The van der Waals surface area contributed by atoms with Gasteiger partial charge < -0.3 is 0 Å². The lowest BCUT2D eigenvalue weighted by atomic mass is 9.64. The third kappa shape index (κ3) is 2.85. The molecule has 0 spiro atoms. The van der Waals surface area contributed by atoms with Crippen molar-refractivity contribution in [2.75, 3.05) is 0 Å². The second-order valence-electron chi connectivity index (χ2n) is 6.93. The summed E-state index contributed by atoms with van der Waals surface area (Å²) < 4.78 is 0. The minimum atomic E-state index is 0.802. The minimum absolute atomic E-state index is 0.802. The highest BCUT2D eigenvalue weighted by atomic mass is 14.4. The van der Waals surface area contributed by atoms with Crippen molar-refractivity contribution >= 4 is 0 Å². The van der Waals surface area contributed by atoms with Gasteiger partial charge in [-0.3, -0.25) is 0 Å². The molecule has 2 saturated carbocycles. The first-order chi connectivity index (χ1) is 9.80. The molecule has 4 atom stereocenters. The van der Waals surface area contributed by atoms with Crippen LogP contribution in [0.5, 0.6) is 0 Å². The Balaban J connectivity index is 1.65. The third-order valence-corrected chi connectivity index (χ3v) is 5.85. The molecule has 0 radical (unpaired) electrons. The SMILES string of the molecule is C=CC1CCC2CC(c3ccc(CC)cc3)CCC2C1. The van der Waals surface area contributed by atoms with E-state index in [-0.39, 0.29) is 0 Å². The summed E-state index contributed by atoms with van der Waals surface area (Å²) in [7, 11) is 0. The lowest BCUT2D eigenvalue weighted by Crippen LogP contribution is -2.29. The highest BCUT2D eigenvalue weighted by molar-refractivity contribution is 5.26. The summed E-state index contributed by atoms with van der Waals surface area (Å²) in [5, 5.41) is 0. The van der Waals surface area contributed by atoms with E-state index in [0.29, 0.717) is 0 Å². The van der Waals surface area contributed by atoms with Gasteiger partial charge in [0.05, 0.1) is 0 Å². The molecule has 0 aliphatic heterocycles. The molecule has 0 heterocycles. The number of aryl methyl sites for hydroxylation is 1. The maximum Gasteiger partial charge on any atom is -0.0159 e. The fraction of sp³-hybridized carbons (Fsp3) is 0.600. The largest absolute Gasteiger partial charge is 0.103 e. The summed E-state index contributed by atoms with van der Waals surface area (Å²) in [6, 6.07) is 9.43. The lowest BCUT2D eigenvalue weighted by molar-refractivity contribution is 0.133. The van der Waals surface area contributed by atoms with E-state index in [1.165, 1.54) is 44.1 Å². The molecular formula is C20H28. The maximum atomic E-state index is 4.00. The molecule has 1 aromatic rings. The van der Waals surface area contributed by atoms with Gasteiger partial charge in [-0.15, -0.1) is 6.58 Å². The average molecular weight is 268 g/mol. The molecule has 0 saturated heterocycles. The van der Waals surface area contributed by atoms with Gasteiger partial charge in [0.1, 0.15) is 0 Å². The van der Waals surface area contributed by atoms with Crippen LogP contribution in [0.1, 0.15) is 62.5 Å². The summed E-state index contributed by atoms with van der Waals surface area (Å²) in [6.07, 6.45) is 11.8. The quantitative estimate of drug-likeness (QED) is 0.614. The van der Waals surface area contributed by atoms with Crippen LogP contribution in [0.4, 0.5) is 0 Å². The Labute approximate surface area is 124 Å². The smallest absolute Gasteiger partial charge is 0.0159 e. The van der Waals surface area contributed by atoms with Gasteiger partial charge in [0, 0.05) is 0 Å². The Kier molecular flexibility index (Phi) is 4.29. The van der Waals surface area contributed by atoms with Gasteiger partial charge in [-0.2, -0.15) is 0 Å². The number of hydrogen-bond acceptors (Lipinski definition) is 0. The standard InChI is InChI=1S/C20H28/c1-3-15-5-8-17(9-6-15)19-12-11-18-13-16(4-2)7-10-20(18)14-19/h4-6,8-9,16,18-20H,2-3,7,10-14H2,1H3. The topological polar surface area (TPSA) is 0 Å². The van der Waals surface area contributed by atoms with E-state index in [2.05, 4.69) is 43.8 Å². The van der Waals surface area contributed by atoms with Crippen LogP contribution in [0.25, 0.3) is 0 Å². The summed E-state index contributed by atoms with van der Waals surface area (Å²) in [6.45, 7) is 6.24. The molecule has 0 aromatic heterocycles. The molecule has 20 heavy (non-hydrogen) atoms. The fourth-order valence-electron chi connectivity index (χ4n) is 4.47. The second-order valence-corrected chi connectivity index (χ2v) is 6.93. The van der Waals surface area contributed by atoms with Crippen molar-refractivity contribution in [2.45, 2.75) is 57.8 Å². The fourth-order valence-corrected chi connectivity index (χ4v) is 4.47. The van der Waals surface area contributed by atoms with Crippen molar-refractivity contribution in [1.82, 2.24) is 0 Å². The van der Waals surface area contributed by atoms with Crippen LogP contribution in [-0.2, 0) is 6.42 Å². The lowest BCUT2D eigenvalue weighted by Gasteiger charge is -2.41. The molecule has 0 bridgehead atoms. The summed E-state index contributed by atoms with van der Waals surface area (Å²) >= 11 is 0. The molecule has 0 amide bonds. The molecule has 2 fully saturated rings. The van der Waals surface area contributed by atoms with E-state index in [4.69, 9.17) is 0 Å². The van der Waals surface area contributed by atoms with Gasteiger partial charge in [0.25, 0.3) is 0 Å². The Morgan fingerprint density at radius 1 is 1.00 bits per heavy atom. The molecule has 0 heteroatoms. The van der Waals surface area contributed by atoms with Crippen LogP contribution >= 0.6 is 0 Å². The Morgan fingerprint density at radius 3 is 2.40 bits per heavy atom. The molecule has 0 nitrogen and oxygen atoms in total. The predicted octanol–water partition coefficient (Wildman–Crippen LogP) is 5.74. The summed E-state index contributed by atoms with van der Waals surface area (Å²) in [5.41, 5.74) is 3.06. The van der Waals surface area contributed by atoms with E-state index in [0.717, 1.165) is 30.1 Å². The van der Waals surface area contributed by atoms with E-state index >= 15 is 0 Å². The van der Waals surface area contributed by atoms with Crippen molar-refractivity contribution in [3.05, 3.63) is 48.0 Å². The maximum absolute atomic E-state index is 4.00. The molecule has 108 valence electrons. The first kappa shape index (κ1) is 13.9. The predicted molar refractivity (Wildman–Crippen MR) is 86.9 cm³/mol. The van der Waals surface area contributed by atoms with E-state index in [9.17, 15) is 0 Å².